The fraction of sp³-hybridized carbons (Fsp3) is 1.00. The van der Waals surface area contributed by atoms with Gasteiger partial charge >= 0.3 is 0 Å². The van der Waals surface area contributed by atoms with E-state index in [1.54, 1.807) is 0 Å². The molecule has 2 fully saturated rings. The average Bonchev–Trinajstić information content (AvgIpc) is 2.40. The minimum atomic E-state index is 0.849. The fourth-order valence-electron chi connectivity index (χ4n) is 3.51. The summed E-state index contributed by atoms with van der Waals surface area (Å²) in [5.41, 5.74) is 0. The molecule has 112 valence electrons. The molecule has 19 heavy (non-hydrogen) atoms. The van der Waals surface area contributed by atoms with Crippen LogP contribution in [0.1, 0.15) is 52.9 Å². The lowest BCUT2D eigenvalue weighted by molar-refractivity contribution is 0.103. The molecule has 0 aromatic heterocycles. The summed E-state index contributed by atoms with van der Waals surface area (Å²) in [6.07, 6.45) is 7.27. The summed E-state index contributed by atoms with van der Waals surface area (Å²) in [5, 5.41) is 0. The molecule has 1 heterocycles. The molecule has 0 N–H and O–H groups in total. The largest absolute Gasteiger partial charge is 0.301 e. The van der Waals surface area contributed by atoms with E-state index in [9.17, 15) is 0 Å². The van der Waals surface area contributed by atoms with Gasteiger partial charge in [0.1, 0.15) is 0 Å². The van der Waals surface area contributed by atoms with E-state index in [0.717, 1.165) is 17.8 Å². The normalized spacial score (nSPS) is 30.9. The van der Waals surface area contributed by atoms with Gasteiger partial charge in [0, 0.05) is 32.7 Å². The van der Waals surface area contributed by atoms with E-state index < -0.39 is 0 Å². The molecule has 1 aliphatic heterocycles. The molecule has 2 aliphatic rings. The zero-order valence-electron chi connectivity index (χ0n) is 13.4. The maximum absolute atomic E-state index is 2.73. The summed E-state index contributed by atoms with van der Waals surface area (Å²) in [6, 6.07) is 0. The van der Waals surface area contributed by atoms with E-state index in [1.807, 2.05) is 0 Å². The molecule has 1 saturated carbocycles. The van der Waals surface area contributed by atoms with Crippen molar-refractivity contribution in [3.05, 3.63) is 0 Å². The molecule has 2 heteroatoms. The summed E-state index contributed by atoms with van der Waals surface area (Å²) in [7, 11) is 0. The zero-order valence-corrected chi connectivity index (χ0v) is 13.4. The van der Waals surface area contributed by atoms with Crippen LogP contribution in [0, 0.1) is 17.8 Å². The van der Waals surface area contributed by atoms with Crippen molar-refractivity contribution in [3.63, 3.8) is 0 Å². The van der Waals surface area contributed by atoms with Crippen LogP contribution in [0.25, 0.3) is 0 Å². The molecule has 0 spiro atoms. The van der Waals surface area contributed by atoms with Crippen molar-refractivity contribution in [1.82, 2.24) is 9.80 Å². The average molecular weight is 266 g/mol. The third-order valence-corrected chi connectivity index (χ3v) is 5.14. The van der Waals surface area contributed by atoms with Crippen LogP contribution in [0.5, 0.6) is 0 Å². The van der Waals surface area contributed by atoms with Gasteiger partial charge in [-0.25, -0.2) is 0 Å². The predicted molar refractivity (Wildman–Crippen MR) is 83.5 cm³/mol. The molecule has 0 radical (unpaired) electrons. The first kappa shape index (κ1) is 15.3. The van der Waals surface area contributed by atoms with Gasteiger partial charge in [0.2, 0.25) is 0 Å². The van der Waals surface area contributed by atoms with Crippen LogP contribution in [0.2, 0.25) is 0 Å². The molecule has 1 aliphatic carbocycles. The van der Waals surface area contributed by atoms with E-state index in [1.165, 1.54) is 71.4 Å². The molecule has 0 aromatic rings. The molecular weight excluding hydrogens is 232 g/mol. The van der Waals surface area contributed by atoms with Gasteiger partial charge < -0.3 is 9.80 Å². The molecule has 2 nitrogen and oxygen atoms in total. The topological polar surface area (TPSA) is 6.48 Å². The first-order chi connectivity index (χ1) is 9.13. The minimum Gasteiger partial charge on any atom is -0.301 e. The highest BCUT2D eigenvalue weighted by Crippen LogP contribution is 2.29. The molecule has 0 unspecified atom stereocenters. The monoisotopic (exact) mass is 266 g/mol. The Kier molecular flexibility index (Phi) is 6.15. The molecule has 0 bridgehead atoms. The maximum Gasteiger partial charge on any atom is 0.0110 e. The first-order valence-electron chi connectivity index (χ1n) is 8.58. The number of piperazine rings is 1. The van der Waals surface area contributed by atoms with Crippen molar-refractivity contribution < 1.29 is 0 Å². The van der Waals surface area contributed by atoms with Gasteiger partial charge in [-0.3, -0.25) is 0 Å². The van der Waals surface area contributed by atoms with Crippen LogP contribution >= 0.6 is 0 Å². The Hall–Kier alpha value is -0.0800. The minimum absolute atomic E-state index is 0.849. The second kappa shape index (κ2) is 7.64. The summed E-state index contributed by atoms with van der Waals surface area (Å²) in [5.74, 6) is 2.84. The lowest BCUT2D eigenvalue weighted by atomic mass is 9.83. The Morgan fingerprint density at radius 1 is 0.895 bits per heavy atom. The number of hydrogen-bond donors (Lipinski definition) is 0. The fourth-order valence-corrected chi connectivity index (χ4v) is 3.51. The molecule has 0 aromatic carbocycles. The van der Waals surface area contributed by atoms with Gasteiger partial charge in [-0.05, 0) is 43.6 Å². The van der Waals surface area contributed by atoms with Crippen molar-refractivity contribution in [2.24, 2.45) is 17.8 Å². The Balaban J connectivity index is 1.60. The highest BCUT2D eigenvalue weighted by molar-refractivity contribution is 4.77. The predicted octanol–water partition coefficient (Wildman–Crippen LogP) is 3.48. The summed E-state index contributed by atoms with van der Waals surface area (Å²) < 4.78 is 0. The molecular formula is C17H34N2. The Morgan fingerprint density at radius 2 is 1.47 bits per heavy atom. The van der Waals surface area contributed by atoms with Crippen LogP contribution < -0.4 is 0 Å². The van der Waals surface area contributed by atoms with Gasteiger partial charge in [-0.15, -0.1) is 0 Å². The third-order valence-electron chi connectivity index (χ3n) is 5.14. The highest BCUT2D eigenvalue weighted by Gasteiger charge is 2.23. The van der Waals surface area contributed by atoms with E-state index in [-0.39, 0.29) is 0 Å². The standard InChI is InChI=1S/C17H34N2/c1-15(2)8-9-18-10-12-19(13-11-18)14-17-6-4-16(3)5-7-17/h15-17H,4-14H2,1-3H3. The SMILES string of the molecule is CC(C)CCN1CCN(CC2CCC(C)CC2)CC1. The number of nitrogens with zero attached hydrogens (tertiary/aromatic N) is 2. The van der Waals surface area contributed by atoms with E-state index in [4.69, 9.17) is 0 Å². The van der Waals surface area contributed by atoms with Crippen LogP contribution in [0.3, 0.4) is 0 Å². The van der Waals surface area contributed by atoms with Crippen molar-refractivity contribution in [2.75, 3.05) is 39.3 Å². The smallest absolute Gasteiger partial charge is 0.0110 e. The summed E-state index contributed by atoms with van der Waals surface area (Å²) >= 11 is 0. The summed E-state index contributed by atoms with van der Waals surface area (Å²) in [4.78, 5) is 5.39. The van der Waals surface area contributed by atoms with Crippen LogP contribution in [-0.4, -0.2) is 49.1 Å². The Labute approximate surface area is 120 Å². The molecule has 0 atom stereocenters. The van der Waals surface area contributed by atoms with Gasteiger partial charge in [-0.2, -0.15) is 0 Å². The van der Waals surface area contributed by atoms with Crippen molar-refractivity contribution in [1.29, 1.82) is 0 Å². The lowest BCUT2D eigenvalue weighted by Gasteiger charge is -2.38. The van der Waals surface area contributed by atoms with Crippen molar-refractivity contribution in [2.45, 2.75) is 52.9 Å². The maximum atomic E-state index is 2.73. The second-order valence-corrected chi connectivity index (χ2v) is 7.45. The third kappa shape index (κ3) is 5.43. The summed E-state index contributed by atoms with van der Waals surface area (Å²) in [6.45, 7) is 15.0. The highest BCUT2D eigenvalue weighted by atomic mass is 15.3. The van der Waals surface area contributed by atoms with E-state index >= 15 is 0 Å². The van der Waals surface area contributed by atoms with E-state index in [0.29, 0.717) is 0 Å². The van der Waals surface area contributed by atoms with Crippen LogP contribution in [0.4, 0.5) is 0 Å². The second-order valence-electron chi connectivity index (χ2n) is 7.45. The number of hydrogen-bond acceptors (Lipinski definition) is 2. The quantitative estimate of drug-likeness (QED) is 0.752. The lowest BCUT2D eigenvalue weighted by Crippen LogP contribution is -2.48. The molecule has 2 rings (SSSR count). The molecule has 1 saturated heterocycles. The van der Waals surface area contributed by atoms with E-state index in [2.05, 4.69) is 30.6 Å². The van der Waals surface area contributed by atoms with Gasteiger partial charge in [0.05, 0.1) is 0 Å². The Morgan fingerprint density at radius 3 is 2.05 bits per heavy atom. The molecule has 0 amide bonds. The van der Waals surface area contributed by atoms with Gasteiger partial charge in [0.15, 0.2) is 0 Å². The number of rotatable bonds is 5. The first-order valence-corrected chi connectivity index (χ1v) is 8.58. The van der Waals surface area contributed by atoms with Crippen LogP contribution in [-0.2, 0) is 0 Å². The van der Waals surface area contributed by atoms with Gasteiger partial charge in [0.25, 0.3) is 0 Å². The van der Waals surface area contributed by atoms with Crippen molar-refractivity contribution >= 4 is 0 Å². The van der Waals surface area contributed by atoms with Crippen molar-refractivity contribution in [3.8, 4) is 0 Å². The van der Waals surface area contributed by atoms with Crippen LogP contribution in [0.15, 0.2) is 0 Å². The zero-order chi connectivity index (χ0) is 13.7. The van der Waals surface area contributed by atoms with Gasteiger partial charge in [-0.1, -0.05) is 33.6 Å². The Bertz CT molecular complexity index is 236.